The Kier molecular flexibility index (Phi) is 4.15. The smallest absolute Gasteiger partial charge is 0.337 e. The van der Waals surface area contributed by atoms with E-state index in [-0.39, 0.29) is 11.6 Å². The average Bonchev–Trinajstić information content (AvgIpc) is 2.68. The maximum atomic E-state index is 11.4. The molecule has 0 amide bonds. The highest BCUT2D eigenvalue weighted by molar-refractivity contribution is 5.98. The Balaban J connectivity index is 2.41. The Bertz CT molecular complexity index is 504. The molecular weight excluding hydrogens is 258 g/mol. The maximum absolute atomic E-state index is 11.4. The third-order valence-corrected chi connectivity index (χ3v) is 3.55. The van der Waals surface area contributed by atoms with E-state index in [1.807, 2.05) is 23.9 Å². The van der Waals surface area contributed by atoms with Gasteiger partial charge in [0.1, 0.15) is 0 Å². The predicted octanol–water partition coefficient (Wildman–Crippen LogP) is 0.468. The van der Waals surface area contributed by atoms with Crippen LogP contribution in [0.1, 0.15) is 16.8 Å². The molecule has 110 valence electrons. The van der Waals surface area contributed by atoms with E-state index in [0.717, 1.165) is 6.54 Å². The molecule has 1 aromatic carbocycles. The van der Waals surface area contributed by atoms with Gasteiger partial charge in [-0.3, -0.25) is 0 Å². The highest BCUT2D eigenvalue weighted by Gasteiger charge is 2.34. The lowest BCUT2D eigenvalue weighted by Crippen LogP contribution is -2.38. The fraction of sp³-hybridized carbons (Fsp3) is 0.500. The summed E-state index contributed by atoms with van der Waals surface area (Å²) in [5.41, 5.74) is 7.11. The van der Waals surface area contributed by atoms with E-state index < -0.39 is 12.1 Å². The molecule has 1 fully saturated rings. The molecule has 4 N–H and O–H groups in total. The van der Waals surface area contributed by atoms with Crippen molar-refractivity contribution in [2.75, 3.05) is 37.8 Å². The second kappa shape index (κ2) is 5.68. The highest BCUT2D eigenvalue weighted by atomic mass is 16.4. The lowest BCUT2D eigenvalue weighted by molar-refractivity contribution is 0.0697. The Hall–Kier alpha value is -1.79. The minimum absolute atomic E-state index is 0.0581. The molecule has 2 rings (SSSR count). The number of carbonyl (C=O) groups is 1. The van der Waals surface area contributed by atoms with E-state index in [0.29, 0.717) is 24.3 Å². The van der Waals surface area contributed by atoms with Crippen LogP contribution in [0.5, 0.6) is 0 Å². The van der Waals surface area contributed by atoms with E-state index in [1.165, 1.54) is 0 Å². The summed E-state index contributed by atoms with van der Waals surface area (Å²) in [6, 6.07) is 4.93. The van der Waals surface area contributed by atoms with Crippen molar-refractivity contribution >= 4 is 17.3 Å². The number of nitrogen functional groups attached to an aromatic ring is 1. The molecule has 2 atom stereocenters. The van der Waals surface area contributed by atoms with Crippen molar-refractivity contribution < 1.29 is 15.0 Å². The number of aromatic carboxylic acids is 1. The Morgan fingerprint density at radius 3 is 2.80 bits per heavy atom. The second-order valence-electron chi connectivity index (χ2n) is 5.51. The summed E-state index contributed by atoms with van der Waals surface area (Å²) in [7, 11) is 3.91. The normalized spacial score (nSPS) is 22.5. The van der Waals surface area contributed by atoms with Crippen LogP contribution in [0.2, 0.25) is 0 Å². The molecule has 6 heteroatoms. The number of anilines is 2. The van der Waals surface area contributed by atoms with Gasteiger partial charge in [-0.05, 0) is 32.6 Å². The summed E-state index contributed by atoms with van der Waals surface area (Å²) in [5.74, 6) is -1.00. The summed E-state index contributed by atoms with van der Waals surface area (Å²) in [5, 5.41) is 19.2. The van der Waals surface area contributed by atoms with Crippen molar-refractivity contribution in [3.8, 4) is 0 Å². The van der Waals surface area contributed by atoms with Crippen LogP contribution in [0, 0.1) is 0 Å². The number of nitrogens with zero attached hydrogens (tertiary/aromatic N) is 2. The number of likely N-dealkylation sites (N-methyl/N-ethyl adjacent to an activating group) is 1. The van der Waals surface area contributed by atoms with Crippen LogP contribution in [0.4, 0.5) is 11.4 Å². The number of hydrogen-bond donors (Lipinski definition) is 3. The zero-order valence-corrected chi connectivity index (χ0v) is 11.8. The SMILES string of the molecule is CN(C)CC1CC(O)CN1c1c(N)cccc1C(=O)O. The summed E-state index contributed by atoms with van der Waals surface area (Å²) in [6.07, 6.45) is 0.159. The summed E-state index contributed by atoms with van der Waals surface area (Å²) >= 11 is 0. The lowest BCUT2D eigenvalue weighted by atomic mass is 10.1. The van der Waals surface area contributed by atoms with Gasteiger partial charge in [-0.15, -0.1) is 0 Å². The molecular formula is C14H21N3O3. The van der Waals surface area contributed by atoms with Gasteiger partial charge < -0.3 is 25.7 Å². The van der Waals surface area contributed by atoms with E-state index >= 15 is 0 Å². The van der Waals surface area contributed by atoms with Crippen LogP contribution in [-0.4, -0.2) is 60.4 Å². The van der Waals surface area contributed by atoms with Crippen LogP contribution < -0.4 is 10.6 Å². The van der Waals surface area contributed by atoms with Crippen LogP contribution in [0.3, 0.4) is 0 Å². The number of para-hydroxylation sites is 1. The zero-order valence-electron chi connectivity index (χ0n) is 11.8. The zero-order chi connectivity index (χ0) is 14.9. The molecule has 1 heterocycles. The molecule has 1 aliphatic rings. The van der Waals surface area contributed by atoms with Crippen LogP contribution in [0.25, 0.3) is 0 Å². The molecule has 20 heavy (non-hydrogen) atoms. The fourth-order valence-corrected chi connectivity index (χ4v) is 2.81. The van der Waals surface area contributed by atoms with Gasteiger partial charge in [-0.1, -0.05) is 6.07 Å². The van der Waals surface area contributed by atoms with Gasteiger partial charge in [0.2, 0.25) is 0 Å². The first kappa shape index (κ1) is 14.6. The Labute approximate surface area is 118 Å². The molecule has 0 spiro atoms. The number of hydrogen-bond acceptors (Lipinski definition) is 5. The van der Waals surface area contributed by atoms with Crippen molar-refractivity contribution in [2.45, 2.75) is 18.6 Å². The van der Waals surface area contributed by atoms with Gasteiger partial charge in [-0.25, -0.2) is 4.79 Å². The molecule has 6 nitrogen and oxygen atoms in total. The standard InChI is InChI=1S/C14H21N3O3/c1-16(2)7-9-6-10(18)8-17(9)13-11(14(19)20)4-3-5-12(13)15/h3-5,9-10,18H,6-8,15H2,1-2H3,(H,19,20). The molecule has 0 aromatic heterocycles. The second-order valence-corrected chi connectivity index (χ2v) is 5.51. The number of β-amino-alcohol motifs (C(OH)–C–C–N with tert-alkyl or cyclic N) is 1. The molecule has 0 aliphatic carbocycles. The number of carboxylic acids is 1. The number of nitrogens with two attached hydrogens (primary N) is 1. The topological polar surface area (TPSA) is 90.0 Å². The number of aliphatic hydroxyl groups excluding tert-OH is 1. The van der Waals surface area contributed by atoms with Crippen molar-refractivity contribution in [2.24, 2.45) is 0 Å². The largest absolute Gasteiger partial charge is 0.478 e. The maximum Gasteiger partial charge on any atom is 0.337 e. The molecule has 1 aliphatic heterocycles. The van der Waals surface area contributed by atoms with Gasteiger partial charge in [0.15, 0.2) is 0 Å². The molecule has 0 saturated carbocycles. The van der Waals surface area contributed by atoms with Gasteiger partial charge in [0.05, 0.1) is 23.0 Å². The Morgan fingerprint density at radius 1 is 1.50 bits per heavy atom. The molecule has 0 radical (unpaired) electrons. The highest BCUT2D eigenvalue weighted by Crippen LogP contribution is 2.34. The number of benzene rings is 1. The van der Waals surface area contributed by atoms with E-state index in [4.69, 9.17) is 5.73 Å². The quantitative estimate of drug-likeness (QED) is 0.694. The summed E-state index contributed by atoms with van der Waals surface area (Å²) in [4.78, 5) is 15.3. The first-order valence-corrected chi connectivity index (χ1v) is 6.61. The Morgan fingerprint density at radius 2 is 2.20 bits per heavy atom. The molecule has 1 saturated heterocycles. The summed E-state index contributed by atoms with van der Waals surface area (Å²) in [6.45, 7) is 1.15. The van der Waals surface area contributed by atoms with Gasteiger partial charge in [0.25, 0.3) is 0 Å². The van der Waals surface area contributed by atoms with E-state index in [9.17, 15) is 15.0 Å². The van der Waals surface area contributed by atoms with Gasteiger partial charge in [0, 0.05) is 19.1 Å². The van der Waals surface area contributed by atoms with Crippen molar-refractivity contribution in [1.29, 1.82) is 0 Å². The number of rotatable bonds is 4. The van der Waals surface area contributed by atoms with Crippen LogP contribution >= 0.6 is 0 Å². The lowest BCUT2D eigenvalue weighted by Gasteiger charge is -2.30. The first-order valence-electron chi connectivity index (χ1n) is 6.61. The van der Waals surface area contributed by atoms with Gasteiger partial charge >= 0.3 is 5.97 Å². The first-order chi connectivity index (χ1) is 9.40. The molecule has 2 unspecified atom stereocenters. The average molecular weight is 279 g/mol. The van der Waals surface area contributed by atoms with Gasteiger partial charge in [-0.2, -0.15) is 0 Å². The van der Waals surface area contributed by atoms with Crippen molar-refractivity contribution in [3.05, 3.63) is 23.8 Å². The molecule has 0 bridgehead atoms. The summed E-state index contributed by atoms with van der Waals surface area (Å²) < 4.78 is 0. The minimum Gasteiger partial charge on any atom is -0.478 e. The van der Waals surface area contributed by atoms with Crippen molar-refractivity contribution in [3.63, 3.8) is 0 Å². The van der Waals surface area contributed by atoms with Crippen LogP contribution in [0.15, 0.2) is 18.2 Å². The predicted molar refractivity (Wildman–Crippen MR) is 78.1 cm³/mol. The van der Waals surface area contributed by atoms with E-state index in [1.54, 1.807) is 18.2 Å². The fourth-order valence-electron chi connectivity index (χ4n) is 2.81. The third kappa shape index (κ3) is 2.86. The monoisotopic (exact) mass is 279 g/mol. The van der Waals surface area contributed by atoms with E-state index in [2.05, 4.69) is 0 Å². The number of carboxylic acid groups (broad SMARTS) is 1. The third-order valence-electron chi connectivity index (χ3n) is 3.55. The van der Waals surface area contributed by atoms with Crippen LogP contribution in [-0.2, 0) is 0 Å². The minimum atomic E-state index is -1.00. The molecule has 1 aromatic rings. The number of aliphatic hydroxyl groups is 1. The van der Waals surface area contributed by atoms with Crippen molar-refractivity contribution in [1.82, 2.24) is 4.90 Å².